The molecule has 0 bridgehead atoms. The number of aryl methyl sites for hydroxylation is 2. The van der Waals surface area contributed by atoms with E-state index in [1.807, 2.05) is 49.4 Å². The molecule has 2 aromatic heterocycles. The second-order valence-corrected chi connectivity index (χ2v) is 23.2. The van der Waals surface area contributed by atoms with Gasteiger partial charge >= 0.3 is 0 Å². The number of nitrogens with one attached hydrogen (secondary N) is 5. The molecule has 3 aromatic carbocycles. The van der Waals surface area contributed by atoms with Crippen molar-refractivity contribution in [1.82, 2.24) is 46.5 Å². The van der Waals surface area contributed by atoms with Gasteiger partial charge in [-0.05, 0) is 72.4 Å². The van der Waals surface area contributed by atoms with Crippen LogP contribution in [0.5, 0.6) is 5.75 Å². The van der Waals surface area contributed by atoms with E-state index >= 15 is 0 Å². The Morgan fingerprint density at radius 1 is 0.881 bits per heavy atom. The number of aliphatic hydroxyl groups is 1. The number of likely N-dealkylation sites (N-methyl/N-ethyl adjacent to an activating group) is 1. The molecule has 450 valence electrons. The molecule has 1 saturated carbocycles. The third kappa shape index (κ3) is 16.4. The number of aromatic nitrogens is 2. The summed E-state index contributed by atoms with van der Waals surface area (Å²) in [7, 11) is 1.55. The molecule has 84 heavy (non-hydrogen) atoms. The van der Waals surface area contributed by atoms with Crippen molar-refractivity contribution in [3.05, 3.63) is 112 Å². The Labute approximate surface area is 490 Å². The predicted octanol–water partition coefficient (Wildman–Crippen LogP) is 4.88. The number of phenolic OH excluding ortho intramolecular Hbond substituents is 1. The average molecular weight is 1180 g/mol. The van der Waals surface area contributed by atoms with Gasteiger partial charge in [-0.15, -0.1) is 11.3 Å². The van der Waals surface area contributed by atoms with Gasteiger partial charge in [0.1, 0.15) is 17.8 Å². The number of likely N-dealkylation sites (tertiary alicyclic amines) is 1. The van der Waals surface area contributed by atoms with Crippen LogP contribution < -0.4 is 26.6 Å². The monoisotopic (exact) mass is 1180 g/mol. The van der Waals surface area contributed by atoms with Gasteiger partial charge in [0.2, 0.25) is 23.6 Å². The van der Waals surface area contributed by atoms with Crippen LogP contribution in [0.4, 0.5) is 4.39 Å². The molecule has 1 saturated heterocycles. The van der Waals surface area contributed by atoms with Crippen LogP contribution in [0.2, 0.25) is 0 Å². The zero-order chi connectivity index (χ0) is 60.1. The Kier molecular flexibility index (Phi) is 21.0. The fourth-order valence-electron chi connectivity index (χ4n) is 9.99. The first-order valence-corrected chi connectivity index (χ1v) is 29.1. The van der Waals surface area contributed by atoms with E-state index in [1.165, 1.54) is 44.9 Å². The zero-order valence-corrected chi connectivity index (χ0v) is 48.7. The average Bonchev–Trinajstić information content (AvgIpc) is 3.30. The van der Waals surface area contributed by atoms with Crippen molar-refractivity contribution < 1.29 is 66.9 Å². The number of phenols is 1. The SMILES string of the molecule is Cc1ncsc1-c1ccc(C(CC(=O)NCCOCCOCCOCCC(=O)NCCN(C)C(=O)c2ccc(-c3cc(C(=O)N[C@@H]4CCc5ccccc54)no3)cc2O)NC(=O)[C@@H]2C[C@@H](O)CN2C(=O)C(NC(=O)C2(F)CC2)C(C)(C)C)cc1. The van der Waals surface area contributed by atoms with Crippen molar-refractivity contribution in [3.8, 4) is 27.5 Å². The van der Waals surface area contributed by atoms with E-state index in [2.05, 4.69) is 42.8 Å². The number of amides is 7. The summed E-state index contributed by atoms with van der Waals surface area (Å²) in [5, 5.41) is 39.5. The minimum atomic E-state index is -2.03. The number of aliphatic hydroxyl groups excluding tert-OH is 1. The minimum absolute atomic E-state index is 0.0441. The molecule has 5 aromatic rings. The van der Waals surface area contributed by atoms with Crippen LogP contribution in [0.3, 0.4) is 0 Å². The summed E-state index contributed by atoms with van der Waals surface area (Å²) in [4.78, 5) is 101. The molecule has 2 fully saturated rings. The first kappa shape index (κ1) is 62.4. The molecule has 1 aliphatic heterocycles. The molecule has 7 N–H and O–H groups in total. The number of carbonyl (C=O) groups excluding carboxylic acids is 7. The number of carbonyl (C=O) groups is 7. The number of nitrogens with zero attached hydrogens (tertiary/aromatic N) is 4. The van der Waals surface area contributed by atoms with E-state index in [0.29, 0.717) is 11.1 Å². The van der Waals surface area contributed by atoms with Crippen molar-refractivity contribution in [2.75, 3.05) is 72.9 Å². The normalized spacial score (nSPS) is 17.6. The third-order valence-corrected chi connectivity index (χ3v) is 15.9. The maximum atomic E-state index is 14.7. The van der Waals surface area contributed by atoms with E-state index in [-0.39, 0.29) is 144 Å². The van der Waals surface area contributed by atoms with Gasteiger partial charge in [-0.2, -0.15) is 0 Å². The third-order valence-electron chi connectivity index (χ3n) is 15.0. The number of alkyl halides is 1. The van der Waals surface area contributed by atoms with Gasteiger partial charge in [0.15, 0.2) is 17.1 Å². The van der Waals surface area contributed by atoms with E-state index in [0.717, 1.165) is 34.5 Å². The summed E-state index contributed by atoms with van der Waals surface area (Å²) in [6.45, 7) is 8.62. The lowest BCUT2D eigenvalue weighted by Gasteiger charge is -2.36. The molecule has 8 rings (SSSR count). The summed E-state index contributed by atoms with van der Waals surface area (Å²) in [6.07, 6.45) is 0.579. The molecule has 0 spiro atoms. The highest BCUT2D eigenvalue weighted by molar-refractivity contribution is 7.13. The quantitative estimate of drug-likeness (QED) is 0.0329. The molecular formula is C60H74FN9O13S. The Morgan fingerprint density at radius 2 is 1.57 bits per heavy atom. The molecular weight excluding hydrogens is 1110 g/mol. The lowest BCUT2D eigenvalue weighted by atomic mass is 9.85. The molecule has 0 radical (unpaired) electrons. The zero-order valence-electron chi connectivity index (χ0n) is 47.9. The Balaban J connectivity index is 0.694. The van der Waals surface area contributed by atoms with Crippen LogP contribution in [0, 0.1) is 12.3 Å². The first-order valence-electron chi connectivity index (χ1n) is 28.2. The molecule has 3 heterocycles. The van der Waals surface area contributed by atoms with Gasteiger partial charge in [0.05, 0.1) is 85.9 Å². The van der Waals surface area contributed by atoms with Crippen LogP contribution in [0.15, 0.2) is 82.8 Å². The molecule has 5 atom stereocenters. The van der Waals surface area contributed by atoms with Crippen LogP contribution in [0.1, 0.15) is 115 Å². The minimum Gasteiger partial charge on any atom is -0.507 e. The van der Waals surface area contributed by atoms with Gasteiger partial charge in [0.25, 0.3) is 17.7 Å². The largest absolute Gasteiger partial charge is 0.507 e. The number of rotatable bonds is 28. The van der Waals surface area contributed by atoms with Gasteiger partial charge in [0, 0.05) is 57.7 Å². The fourth-order valence-corrected chi connectivity index (χ4v) is 10.8. The second kappa shape index (κ2) is 28.3. The smallest absolute Gasteiger partial charge is 0.273 e. The number of hydrogen-bond donors (Lipinski definition) is 7. The number of benzene rings is 3. The number of thiazole rings is 1. The highest BCUT2D eigenvalue weighted by Crippen LogP contribution is 2.41. The van der Waals surface area contributed by atoms with Crippen LogP contribution in [-0.2, 0) is 44.6 Å². The van der Waals surface area contributed by atoms with E-state index < -0.39 is 58.9 Å². The number of halogens is 1. The summed E-state index contributed by atoms with van der Waals surface area (Å²) in [5.41, 5.74) is 4.10. The second-order valence-electron chi connectivity index (χ2n) is 22.4. The molecule has 22 nitrogen and oxygen atoms in total. The van der Waals surface area contributed by atoms with E-state index in [9.17, 15) is 48.2 Å². The van der Waals surface area contributed by atoms with Crippen molar-refractivity contribution >= 4 is 52.7 Å². The highest BCUT2D eigenvalue weighted by atomic mass is 32.1. The van der Waals surface area contributed by atoms with Crippen LogP contribution in [0.25, 0.3) is 21.8 Å². The first-order chi connectivity index (χ1) is 40.2. The fraction of sp³-hybridized carbons (Fsp3) is 0.483. The van der Waals surface area contributed by atoms with Crippen LogP contribution >= 0.6 is 11.3 Å². The van der Waals surface area contributed by atoms with Crippen LogP contribution in [-0.4, -0.2) is 168 Å². The summed E-state index contributed by atoms with van der Waals surface area (Å²) in [6, 6.07) is 18.0. The lowest BCUT2D eigenvalue weighted by molar-refractivity contribution is -0.145. The number of aromatic hydroxyl groups is 1. The van der Waals surface area contributed by atoms with Crippen molar-refractivity contribution in [2.24, 2.45) is 5.41 Å². The predicted molar refractivity (Wildman–Crippen MR) is 307 cm³/mol. The number of fused-ring (bicyclic) bond motifs is 1. The molecule has 2 aliphatic carbocycles. The van der Waals surface area contributed by atoms with Gasteiger partial charge in [-0.25, -0.2) is 9.37 Å². The number of hydrogen-bond acceptors (Lipinski definition) is 16. The Hall–Kier alpha value is -7.64. The highest BCUT2D eigenvalue weighted by Gasteiger charge is 2.53. The molecule has 2 unspecified atom stereocenters. The summed E-state index contributed by atoms with van der Waals surface area (Å²) in [5.74, 6) is -3.66. The van der Waals surface area contributed by atoms with Gasteiger partial charge in [-0.1, -0.05) is 80.5 Å². The molecule has 3 aliphatic rings. The van der Waals surface area contributed by atoms with Crippen molar-refractivity contribution in [1.29, 1.82) is 0 Å². The summed E-state index contributed by atoms with van der Waals surface area (Å²) < 4.78 is 36.9. The topological polar surface area (TPSA) is 293 Å². The van der Waals surface area contributed by atoms with E-state index in [4.69, 9.17) is 18.7 Å². The molecule has 24 heteroatoms. The Morgan fingerprint density at radius 3 is 2.26 bits per heavy atom. The summed E-state index contributed by atoms with van der Waals surface area (Å²) >= 11 is 1.49. The number of ether oxygens (including phenoxy) is 3. The maximum absolute atomic E-state index is 14.7. The maximum Gasteiger partial charge on any atom is 0.273 e. The van der Waals surface area contributed by atoms with Crippen molar-refractivity contribution in [3.63, 3.8) is 0 Å². The van der Waals surface area contributed by atoms with Crippen molar-refractivity contribution in [2.45, 2.75) is 109 Å². The van der Waals surface area contributed by atoms with E-state index in [1.54, 1.807) is 39.4 Å². The van der Waals surface area contributed by atoms with Gasteiger partial charge in [-0.3, -0.25) is 33.6 Å². The standard InChI is InChI=1S/C60H74FN9O13S/c1-36-52(84-35-64-36)39-12-10-38(11-13-39)45(66-55(76)47-31-41(71)34-70(47)57(78)53(59(2,3)4)67-58(79)60(61)19-20-60)33-51(74)63-22-25-81-27-29-82-28-26-80-24-18-50(73)62-21-23-69(5)56(77)43-16-14-40(30-48(43)72)49-32-46(68-83-49)54(75)65-44-17-15-37-8-6-7-9-42(37)44/h6-14,16,30,32,35,41,44-45,47,53,71-72H,15,17-29,31,33-34H2,1-5H3,(H,62,73)(H,63,74)(H,65,75)(H,66,76)(H,67,79)/t41-,44-,45?,47+,53?/m1/s1. The molecule has 7 amide bonds. The lowest BCUT2D eigenvalue weighted by Crippen LogP contribution is -2.59. The number of β-amino-alcohol motifs (C(OH)–C–C–N with tert-alkyl or cyclic N) is 1. The van der Waals surface area contributed by atoms with Gasteiger partial charge < -0.3 is 65.3 Å². The Bertz CT molecular complexity index is 3140.